The second-order valence-electron chi connectivity index (χ2n) is 3.60. The Hall–Kier alpha value is -0.230. The van der Waals surface area contributed by atoms with Crippen LogP contribution in [0, 0.1) is 5.92 Å². The van der Waals surface area contributed by atoms with Crippen molar-refractivity contribution in [2.45, 2.75) is 26.2 Å². The molecule has 0 aliphatic carbocycles. The van der Waals surface area contributed by atoms with E-state index in [9.17, 15) is 13.6 Å². The number of hydrogen-bond donors (Lipinski definition) is 1. The van der Waals surface area contributed by atoms with Crippen molar-refractivity contribution in [3.8, 4) is 0 Å². The summed E-state index contributed by atoms with van der Waals surface area (Å²) in [6.45, 7) is 2.09. The van der Waals surface area contributed by atoms with Gasteiger partial charge in [-0.1, -0.05) is 22.9 Å². The van der Waals surface area contributed by atoms with Crippen LogP contribution in [-0.4, -0.2) is 37.4 Å². The van der Waals surface area contributed by atoms with Crippen LogP contribution in [0.4, 0.5) is 8.78 Å². The van der Waals surface area contributed by atoms with Gasteiger partial charge in [-0.3, -0.25) is 4.79 Å². The van der Waals surface area contributed by atoms with Crippen molar-refractivity contribution in [1.29, 1.82) is 0 Å². The highest BCUT2D eigenvalue weighted by molar-refractivity contribution is 9.09. The lowest BCUT2D eigenvalue weighted by molar-refractivity contribution is -0.122. The average Bonchev–Trinajstić information content (AvgIpc) is 2.22. The van der Waals surface area contributed by atoms with Gasteiger partial charge >= 0.3 is 0 Å². The highest BCUT2D eigenvalue weighted by Crippen LogP contribution is 2.02. The number of halogens is 3. The summed E-state index contributed by atoms with van der Waals surface area (Å²) >= 11 is 3.32. The summed E-state index contributed by atoms with van der Waals surface area (Å²) in [5, 5.41) is 3.63. The topological polar surface area (TPSA) is 38.3 Å². The molecule has 1 amide bonds. The van der Waals surface area contributed by atoms with Gasteiger partial charge < -0.3 is 10.1 Å². The van der Waals surface area contributed by atoms with Crippen LogP contribution in [0.5, 0.6) is 0 Å². The Morgan fingerprint density at radius 2 is 2.19 bits per heavy atom. The van der Waals surface area contributed by atoms with Gasteiger partial charge in [0.25, 0.3) is 6.43 Å². The van der Waals surface area contributed by atoms with Crippen molar-refractivity contribution in [1.82, 2.24) is 5.32 Å². The van der Waals surface area contributed by atoms with Crippen LogP contribution in [0.15, 0.2) is 0 Å². The van der Waals surface area contributed by atoms with E-state index >= 15 is 0 Å². The zero-order chi connectivity index (χ0) is 12.4. The SMILES string of the molecule is CC(CCBr)CNC(=O)CCOCC(F)F. The van der Waals surface area contributed by atoms with Crippen LogP contribution in [-0.2, 0) is 9.53 Å². The Balaban J connectivity index is 3.37. The van der Waals surface area contributed by atoms with Gasteiger partial charge in [-0.15, -0.1) is 0 Å². The largest absolute Gasteiger partial charge is 0.375 e. The van der Waals surface area contributed by atoms with Crippen LogP contribution in [0.25, 0.3) is 0 Å². The molecule has 3 nitrogen and oxygen atoms in total. The Morgan fingerprint density at radius 1 is 1.50 bits per heavy atom. The Morgan fingerprint density at radius 3 is 2.75 bits per heavy atom. The van der Waals surface area contributed by atoms with E-state index in [2.05, 4.69) is 26.0 Å². The smallest absolute Gasteiger partial charge is 0.261 e. The molecule has 0 spiro atoms. The maximum absolute atomic E-state index is 11.7. The lowest BCUT2D eigenvalue weighted by Gasteiger charge is -2.11. The fraction of sp³-hybridized carbons (Fsp3) is 0.900. The molecule has 1 atom stereocenters. The molecule has 0 aromatic carbocycles. The van der Waals surface area contributed by atoms with Gasteiger partial charge in [0.2, 0.25) is 5.91 Å². The summed E-state index contributed by atoms with van der Waals surface area (Å²) in [5.41, 5.74) is 0. The van der Waals surface area contributed by atoms with Gasteiger partial charge in [0.15, 0.2) is 0 Å². The first kappa shape index (κ1) is 15.8. The van der Waals surface area contributed by atoms with Crippen molar-refractivity contribution in [3.05, 3.63) is 0 Å². The highest BCUT2D eigenvalue weighted by atomic mass is 79.9. The molecule has 0 fully saturated rings. The molecule has 0 saturated carbocycles. The fourth-order valence-corrected chi connectivity index (χ4v) is 1.78. The molecule has 96 valence electrons. The molecule has 0 aliphatic heterocycles. The average molecular weight is 302 g/mol. The molecule has 0 aromatic rings. The standard InChI is InChI=1S/C10H18BrF2NO2/c1-8(2-4-11)6-14-10(15)3-5-16-7-9(12)13/h8-9H,2-7H2,1H3,(H,14,15). The first-order valence-corrected chi connectivity index (χ1v) is 6.37. The van der Waals surface area contributed by atoms with Gasteiger partial charge in [0.05, 0.1) is 6.61 Å². The number of rotatable bonds is 9. The van der Waals surface area contributed by atoms with Gasteiger partial charge in [-0.2, -0.15) is 0 Å². The third kappa shape index (κ3) is 10.3. The van der Waals surface area contributed by atoms with Gasteiger partial charge in [-0.05, 0) is 12.3 Å². The maximum atomic E-state index is 11.7. The zero-order valence-electron chi connectivity index (χ0n) is 9.35. The second-order valence-corrected chi connectivity index (χ2v) is 4.40. The molecular formula is C10H18BrF2NO2. The van der Waals surface area contributed by atoms with Gasteiger partial charge in [0, 0.05) is 18.3 Å². The molecule has 0 aromatic heterocycles. The summed E-state index contributed by atoms with van der Waals surface area (Å²) in [6, 6.07) is 0. The molecule has 0 rings (SSSR count). The monoisotopic (exact) mass is 301 g/mol. The van der Waals surface area contributed by atoms with E-state index in [1.54, 1.807) is 0 Å². The molecular weight excluding hydrogens is 284 g/mol. The molecule has 0 bridgehead atoms. The summed E-state index contributed by atoms with van der Waals surface area (Å²) in [6.07, 6.45) is -1.35. The number of carbonyl (C=O) groups excluding carboxylic acids is 1. The predicted octanol–water partition coefficient (Wildman–Crippen LogP) is 2.20. The van der Waals surface area contributed by atoms with E-state index in [4.69, 9.17) is 0 Å². The molecule has 6 heteroatoms. The quantitative estimate of drug-likeness (QED) is 0.524. The van der Waals surface area contributed by atoms with Crippen LogP contribution in [0.3, 0.4) is 0 Å². The fourth-order valence-electron chi connectivity index (χ4n) is 1.00. The molecule has 1 N–H and O–H groups in total. The number of carbonyl (C=O) groups is 1. The minimum absolute atomic E-state index is 0.0446. The van der Waals surface area contributed by atoms with Crippen molar-refractivity contribution >= 4 is 21.8 Å². The zero-order valence-corrected chi connectivity index (χ0v) is 10.9. The van der Waals surface area contributed by atoms with Crippen LogP contribution in [0.1, 0.15) is 19.8 Å². The number of alkyl halides is 3. The van der Waals surface area contributed by atoms with Crippen molar-refractivity contribution in [3.63, 3.8) is 0 Å². The highest BCUT2D eigenvalue weighted by Gasteiger charge is 2.06. The van der Waals surface area contributed by atoms with Crippen molar-refractivity contribution in [2.75, 3.05) is 25.1 Å². The van der Waals surface area contributed by atoms with Crippen LogP contribution in [0.2, 0.25) is 0 Å². The first-order chi connectivity index (χ1) is 7.56. The van der Waals surface area contributed by atoms with Gasteiger partial charge in [-0.25, -0.2) is 8.78 Å². The van der Waals surface area contributed by atoms with Gasteiger partial charge in [0.1, 0.15) is 6.61 Å². The molecule has 0 heterocycles. The predicted molar refractivity (Wildman–Crippen MR) is 62.0 cm³/mol. The summed E-state index contributed by atoms with van der Waals surface area (Å²) in [7, 11) is 0. The maximum Gasteiger partial charge on any atom is 0.261 e. The molecule has 0 aliphatic rings. The van der Waals surface area contributed by atoms with Crippen molar-refractivity contribution < 1.29 is 18.3 Å². The second kappa shape index (κ2) is 9.96. The summed E-state index contributed by atoms with van der Waals surface area (Å²) < 4.78 is 27.9. The summed E-state index contributed by atoms with van der Waals surface area (Å²) in [5.74, 6) is 0.251. The van der Waals surface area contributed by atoms with E-state index in [-0.39, 0.29) is 18.9 Å². The normalized spacial score (nSPS) is 12.8. The minimum Gasteiger partial charge on any atom is -0.375 e. The van der Waals surface area contributed by atoms with Crippen LogP contribution >= 0.6 is 15.9 Å². The van der Waals surface area contributed by atoms with Crippen molar-refractivity contribution in [2.24, 2.45) is 5.92 Å². The Kier molecular flexibility index (Phi) is 9.82. The van der Waals surface area contributed by atoms with E-state index in [1.807, 2.05) is 6.92 Å². The number of amides is 1. The lowest BCUT2D eigenvalue weighted by atomic mass is 10.1. The Bertz CT molecular complexity index is 194. The van der Waals surface area contributed by atoms with Crippen LogP contribution < -0.4 is 5.32 Å². The molecule has 0 saturated heterocycles. The summed E-state index contributed by atoms with van der Waals surface area (Å²) in [4.78, 5) is 11.2. The third-order valence-corrected chi connectivity index (χ3v) is 2.42. The van der Waals surface area contributed by atoms with E-state index in [0.717, 1.165) is 11.8 Å². The number of ether oxygens (including phenoxy) is 1. The Labute approximate surface area is 103 Å². The molecule has 0 radical (unpaired) electrons. The van der Waals surface area contributed by atoms with E-state index in [0.29, 0.717) is 12.5 Å². The first-order valence-electron chi connectivity index (χ1n) is 5.24. The molecule has 1 unspecified atom stereocenters. The minimum atomic E-state index is -2.47. The molecule has 16 heavy (non-hydrogen) atoms. The number of hydrogen-bond acceptors (Lipinski definition) is 2. The third-order valence-electron chi connectivity index (χ3n) is 1.97. The van der Waals surface area contributed by atoms with E-state index in [1.165, 1.54) is 0 Å². The van der Waals surface area contributed by atoms with E-state index < -0.39 is 13.0 Å². The number of nitrogens with one attached hydrogen (secondary N) is 1. The lowest BCUT2D eigenvalue weighted by Crippen LogP contribution is -2.29.